The maximum atomic E-state index is 10.8. The molecule has 1 rings (SSSR count). The summed E-state index contributed by atoms with van der Waals surface area (Å²) in [6.45, 7) is 0. The number of aliphatic hydroxyl groups excluding tert-OH is 2. The second-order valence-corrected chi connectivity index (χ2v) is 5.12. The molecule has 0 radical (unpaired) electrons. The molecule has 0 aromatic carbocycles. The average molecular weight is 252 g/mol. The van der Waals surface area contributed by atoms with Crippen LogP contribution in [0.3, 0.4) is 0 Å². The number of aliphatic hydroxyl groups is 2. The van der Waals surface area contributed by atoms with Gasteiger partial charge in [-0.1, -0.05) is 0 Å². The van der Waals surface area contributed by atoms with Crippen LogP contribution in [0.2, 0.25) is 0 Å². The second-order valence-electron chi connectivity index (χ2n) is 3.52. The summed E-state index contributed by atoms with van der Waals surface area (Å²) in [4.78, 5) is 10.7. The van der Waals surface area contributed by atoms with Crippen molar-refractivity contribution in [3.05, 3.63) is 11.6 Å². The van der Waals surface area contributed by atoms with E-state index in [1.807, 2.05) is 0 Å². The Morgan fingerprint density at radius 3 is 2.50 bits per heavy atom. The van der Waals surface area contributed by atoms with Gasteiger partial charge in [0, 0.05) is 12.0 Å². The molecule has 0 bridgehead atoms. The minimum Gasteiger partial charge on any atom is -0.478 e. The molecule has 0 spiro atoms. The van der Waals surface area contributed by atoms with Crippen LogP contribution in [-0.2, 0) is 19.1 Å². The fourth-order valence-electron chi connectivity index (χ4n) is 1.40. The van der Waals surface area contributed by atoms with E-state index >= 15 is 0 Å². The lowest BCUT2D eigenvalue weighted by molar-refractivity contribution is -0.134. The maximum absolute atomic E-state index is 10.8. The summed E-state index contributed by atoms with van der Waals surface area (Å²) in [5.41, 5.74) is -0.188. The topological polar surface area (TPSA) is 121 Å². The Balaban J connectivity index is 2.89. The first-order chi connectivity index (χ1) is 7.20. The highest BCUT2D eigenvalue weighted by atomic mass is 32.2. The molecule has 0 aromatic heterocycles. The van der Waals surface area contributed by atoms with Gasteiger partial charge in [-0.25, -0.2) is 4.79 Å². The molecule has 1 aliphatic carbocycles. The maximum Gasteiger partial charge on any atom is 0.331 e. The van der Waals surface area contributed by atoms with Gasteiger partial charge in [-0.15, -0.1) is 0 Å². The lowest BCUT2D eigenvalue weighted by Crippen LogP contribution is -2.43. The summed E-state index contributed by atoms with van der Waals surface area (Å²) in [6, 6.07) is 0. The molecule has 8 heteroatoms. The number of aliphatic carboxylic acids is 1. The van der Waals surface area contributed by atoms with Gasteiger partial charge in [-0.3, -0.25) is 4.18 Å². The zero-order valence-electron chi connectivity index (χ0n) is 8.40. The summed E-state index contributed by atoms with van der Waals surface area (Å²) >= 11 is 0. The lowest BCUT2D eigenvalue weighted by Gasteiger charge is -2.28. The predicted molar refractivity (Wildman–Crippen MR) is 52.1 cm³/mol. The van der Waals surface area contributed by atoms with Crippen molar-refractivity contribution in [1.29, 1.82) is 0 Å². The lowest BCUT2D eigenvalue weighted by atomic mass is 9.92. The molecule has 1 aliphatic rings. The van der Waals surface area contributed by atoms with E-state index in [1.165, 1.54) is 0 Å². The summed E-state index contributed by atoms with van der Waals surface area (Å²) in [7, 11) is -3.82. The van der Waals surface area contributed by atoms with Crippen LogP contribution in [0.5, 0.6) is 0 Å². The minimum atomic E-state index is -3.82. The molecular weight excluding hydrogens is 240 g/mol. The molecule has 3 atom stereocenters. The van der Waals surface area contributed by atoms with Crippen LogP contribution in [0, 0.1) is 0 Å². The molecule has 7 nitrogen and oxygen atoms in total. The zero-order valence-corrected chi connectivity index (χ0v) is 9.22. The van der Waals surface area contributed by atoms with Gasteiger partial charge in [0.05, 0.1) is 6.26 Å². The van der Waals surface area contributed by atoms with Crippen molar-refractivity contribution in [1.82, 2.24) is 0 Å². The van der Waals surface area contributed by atoms with E-state index < -0.39 is 34.4 Å². The number of hydrogen-bond donors (Lipinski definition) is 3. The summed E-state index contributed by atoms with van der Waals surface area (Å²) in [5.74, 6) is -1.28. The van der Waals surface area contributed by atoms with Gasteiger partial charge in [-0.2, -0.15) is 8.42 Å². The Morgan fingerprint density at radius 2 is 2.06 bits per heavy atom. The van der Waals surface area contributed by atoms with E-state index in [0.29, 0.717) is 0 Å². The number of carbonyl (C=O) groups is 1. The Labute approximate surface area is 92.1 Å². The first-order valence-corrected chi connectivity index (χ1v) is 6.21. The summed E-state index contributed by atoms with van der Waals surface area (Å²) < 4.78 is 26.2. The molecule has 0 heterocycles. The SMILES string of the molecule is CS(=O)(=O)O[C@@H]1CC(C(=O)O)=C[C@@H](O)[C@H]1O. The largest absolute Gasteiger partial charge is 0.478 e. The first kappa shape index (κ1) is 13.1. The number of carboxylic acids is 1. The molecule has 0 unspecified atom stereocenters. The van der Waals surface area contributed by atoms with Crippen LogP contribution < -0.4 is 0 Å². The quantitative estimate of drug-likeness (QED) is 0.521. The molecule has 0 saturated carbocycles. The first-order valence-electron chi connectivity index (χ1n) is 4.39. The van der Waals surface area contributed by atoms with Gasteiger partial charge in [0.2, 0.25) is 0 Å². The Hall–Kier alpha value is -0.960. The van der Waals surface area contributed by atoms with Crippen LogP contribution in [0.15, 0.2) is 11.6 Å². The van der Waals surface area contributed by atoms with E-state index in [1.54, 1.807) is 0 Å². The molecule has 3 N–H and O–H groups in total. The number of rotatable bonds is 3. The van der Waals surface area contributed by atoms with E-state index in [0.717, 1.165) is 12.3 Å². The van der Waals surface area contributed by atoms with Crippen LogP contribution in [-0.4, -0.2) is 54.3 Å². The fourth-order valence-corrected chi connectivity index (χ4v) is 2.04. The highest BCUT2D eigenvalue weighted by Gasteiger charge is 2.35. The minimum absolute atomic E-state index is 0.188. The van der Waals surface area contributed by atoms with E-state index in [2.05, 4.69) is 4.18 Å². The van der Waals surface area contributed by atoms with Crippen molar-refractivity contribution in [2.24, 2.45) is 0 Å². The van der Waals surface area contributed by atoms with Gasteiger partial charge >= 0.3 is 5.97 Å². The molecule has 0 aliphatic heterocycles. The van der Waals surface area contributed by atoms with Crippen LogP contribution in [0.1, 0.15) is 6.42 Å². The normalized spacial score (nSPS) is 30.9. The van der Waals surface area contributed by atoms with Gasteiger partial charge < -0.3 is 15.3 Å². The van der Waals surface area contributed by atoms with Gasteiger partial charge in [0.25, 0.3) is 10.1 Å². The monoisotopic (exact) mass is 252 g/mol. The third kappa shape index (κ3) is 3.27. The molecule has 0 aromatic rings. The van der Waals surface area contributed by atoms with Crippen LogP contribution in [0.4, 0.5) is 0 Å². The molecule has 0 fully saturated rings. The Kier molecular flexibility index (Phi) is 3.68. The number of carboxylic acid groups (broad SMARTS) is 1. The fraction of sp³-hybridized carbons (Fsp3) is 0.625. The second kappa shape index (κ2) is 4.50. The molecular formula is C8H12O7S. The van der Waals surface area contributed by atoms with Crippen LogP contribution >= 0.6 is 0 Å². The van der Waals surface area contributed by atoms with E-state index in [-0.39, 0.29) is 12.0 Å². The van der Waals surface area contributed by atoms with E-state index in [9.17, 15) is 23.4 Å². The highest BCUT2D eigenvalue weighted by Crippen LogP contribution is 2.23. The Bertz CT molecular complexity index is 410. The van der Waals surface area contributed by atoms with Crippen molar-refractivity contribution in [2.75, 3.05) is 6.26 Å². The highest BCUT2D eigenvalue weighted by molar-refractivity contribution is 7.86. The van der Waals surface area contributed by atoms with Crippen LogP contribution in [0.25, 0.3) is 0 Å². The molecule has 92 valence electrons. The summed E-state index contributed by atoms with van der Waals surface area (Å²) in [5, 5.41) is 27.4. The standard InChI is InChI=1S/C8H12O7S/c1-16(13,14)15-6-3-4(8(11)12)2-5(9)7(6)10/h2,5-7,9-10H,3H2,1H3,(H,11,12)/t5-,6-,7-/m1/s1. The molecule has 0 amide bonds. The van der Waals surface area contributed by atoms with Crippen molar-refractivity contribution in [2.45, 2.75) is 24.7 Å². The Morgan fingerprint density at radius 1 is 1.50 bits per heavy atom. The molecule has 0 saturated heterocycles. The van der Waals surface area contributed by atoms with Crippen molar-refractivity contribution >= 4 is 16.1 Å². The van der Waals surface area contributed by atoms with E-state index in [4.69, 9.17) is 5.11 Å². The van der Waals surface area contributed by atoms with Gasteiger partial charge in [0.1, 0.15) is 18.3 Å². The average Bonchev–Trinajstić information content (AvgIpc) is 2.10. The molecule has 16 heavy (non-hydrogen) atoms. The van der Waals surface area contributed by atoms with Crippen molar-refractivity contribution < 1.29 is 32.7 Å². The smallest absolute Gasteiger partial charge is 0.331 e. The predicted octanol–water partition coefficient (Wildman–Crippen LogP) is -1.53. The number of hydrogen-bond acceptors (Lipinski definition) is 6. The zero-order chi connectivity index (χ0) is 12.5. The third-order valence-corrected chi connectivity index (χ3v) is 2.69. The van der Waals surface area contributed by atoms with Crippen molar-refractivity contribution in [3.63, 3.8) is 0 Å². The van der Waals surface area contributed by atoms with Gasteiger partial charge in [-0.05, 0) is 6.08 Å². The van der Waals surface area contributed by atoms with Crippen molar-refractivity contribution in [3.8, 4) is 0 Å². The third-order valence-electron chi connectivity index (χ3n) is 2.10. The summed E-state index contributed by atoms with van der Waals surface area (Å²) in [6.07, 6.45) is -2.72. The van der Waals surface area contributed by atoms with Gasteiger partial charge in [0.15, 0.2) is 0 Å².